The van der Waals surface area contributed by atoms with Gasteiger partial charge < -0.3 is 9.72 Å². The molecule has 0 radical (unpaired) electrons. The first kappa shape index (κ1) is 20.1. The number of carbonyl (C=O) groups is 1. The Bertz CT molecular complexity index is 1180. The van der Waals surface area contributed by atoms with Crippen molar-refractivity contribution in [2.45, 2.75) is 26.4 Å². The van der Waals surface area contributed by atoms with Gasteiger partial charge in [0.2, 0.25) is 0 Å². The van der Waals surface area contributed by atoms with Crippen LogP contribution >= 0.6 is 22.6 Å². The Balaban J connectivity index is 1.97. The molecule has 1 heterocycles. The summed E-state index contributed by atoms with van der Waals surface area (Å²) in [5.74, 6) is -0.541. The summed E-state index contributed by atoms with van der Waals surface area (Å²) in [6.45, 7) is 5.24. The van der Waals surface area contributed by atoms with Gasteiger partial charge in [0, 0.05) is 5.69 Å². The average Bonchev–Trinajstić information content (AvgIpc) is 2.57. The molecule has 0 fully saturated rings. The van der Waals surface area contributed by atoms with Gasteiger partial charge in [-0.2, -0.15) is 0 Å². The van der Waals surface area contributed by atoms with Gasteiger partial charge in [0.1, 0.15) is 11.4 Å². The highest BCUT2D eigenvalue weighted by molar-refractivity contribution is 14.1. The van der Waals surface area contributed by atoms with Crippen LogP contribution in [0.25, 0.3) is 16.6 Å². The van der Waals surface area contributed by atoms with E-state index in [9.17, 15) is 18.8 Å². The lowest BCUT2D eigenvalue weighted by atomic mass is 10.2. The largest absolute Gasteiger partial charge is 0.444 e. The van der Waals surface area contributed by atoms with Crippen LogP contribution in [0.5, 0.6) is 0 Å². The number of ether oxygens (including phenoxy) is 1. The van der Waals surface area contributed by atoms with Crippen LogP contribution in [0.15, 0.2) is 46.0 Å². The van der Waals surface area contributed by atoms with Crippen molar-refractivity contribution in [1.29, 1.82) is 0 Å². The Morgan fingerprint density at radius 2 is 1.82 bits per heavy atom. The first-order valence-corrected chi connectivity index (χ1v) is 9.37. The summed E-state index contributed by atoms with van der Waals surface area (Å²) in [7, 11) is 0. The van der Waals surface area contributed by atoms with Crippen molar-refractivity contribution in [3.05, 3.63) is 66.6 Å². The highest BCUT2D eigenvalue weighted by Crippen LogP contribution is 2.17. The Hall–Kier alpha value is -2.69. The van der Waals surface area contributed by atoms with Crippen molar-refractivity contribution in [2.24, 2.45) is 0 Å². The lowest BCUT2D eigenvalue weighted by Crippen LogP contribution is -2.33. The third-order valence-electron chi connectivity index (χ3n) is 3.71. The lowest BCUT2D eigenvalue weighted by Gasteiger charge is -2.19. The van der Waals surface area contributed by atoms with E-state index in [-0.39, 0.29) is 16.6 Å². The van der Waals surface area contributed by atoms with Gasteiger partial charge in [0.05, 0.1) is 20.2 Å². The first-order valence-electron chi connectivity index (χ1n) is 8.30. The fourth-order valence-electron chi connectivity index (χ4n) is 2.56. The van der Waals surface area contributed by atoms with Gasteiger partial charge in [0.25, 0.3) is 5.56 Å². The number of aromatic amines is 1. The van der Waals surface area contributed by atoms with Crippen molar-refractivity contribution < 1.29 is 13.9 Å². The second-order valence-corrected chi connectivity index (χ2v) is 8.22. The summed E-state index contributed by atoms with van der Waals surface area (Å²) in [5.41, 5.74) is -0.941. The number of fused-ring (bicyclic) bond motifs is 1. The molecule has 0 saturated heterocycles. The molecule has 7 nitrogen and oxygen atoms in total. The van der Waals surface area contributed by atoms with Crippen molar-refractivity contribution in [3.8, 4) is 5.69 Å². The van der Waals surface area contributed by atoms with Crippen molar-refractivity contribution in [1.82, 2.24) is 9.55 Å². The molecular formula is C19H17FIN3O4. The number of carbonyl (C=O) groups excluding carboxylic acids is 1. The molecule has 1 amide bonds. The fraction of sp³-hybridized carbons (Fsp3) is 0.211. The van der Waals surface area contributed by atoms with Crippen molar-refractivity contribution in [2.75, 3.05) is 5.32 Å². The number of anilines is 1. The van der Waals surface area contributed by atoms with E-state index in [0.717, 1.165) is 10.6 Å². The minimum atomic E-state index is -0.646. The molecule has 0 saturated carbocycles. The maximum absolute atomic E-state index is 13.9. The van der Waals surface area contributed by atoms with Crippen LogP contribution < -0.4 is 16.6 Å². The molecule has 2 N–H and O–H groups in total. The number of halogens is 2. The van der Waals surface area contributed by atoms with Crippen LogP contribution in [0.3, 0.4) is 0 Å². The molecule has 2 aromatic carbocycles. The molecular weight excluding hydrogens is 480 g/mol. The Labute approximate surface area is 172 Å². The number of amides is 1. The number of H-pyrrole nitrogens is 1. The Kier molecular flexibility index (Phi) is 5.28. The summed E-state index contributed by atoms with van der Waals surface area (Å²) in [5, 5.41) is 2.63. The predicted octanol–water partition coefficient (Wildman–Crippen LogP) is 3.77. The fourth-order valence-corrected chi connectivity index (χ4v) is 3.03. The standard InChI is InChI=1S/C19H17FIN3O4/c1-19(2,3)28-18(27)22-10-4-6-11(7-5-10)24-16(25)12-8-13(20)14(21)9-15(12)23-17(24)26/h4-9H,1-3H3,(H,22,27)(H,23,26). The third kappa shape index (κ3) is 4.24. The molecule has 28 heavy (non-hydrogen) atoms. The van der Waals surface area contributed by atoms with E-state index in [1.165, 1.54) is 30.3 Å². The minimum absolute atomic E-state index is 0.0634. The zero-order chi connectivity index (χ0) is 20.6. The average molecular weight is 497 g/mol. The molecule has 9 heteroatoms. The van der Waals surface area contributed by atoms with Gasteiger partial charge in [-0.15, -0.1) is 0 Å². The van der Waals surface area contributed by atoms with Gasteiger partial charge in [-0.1, -0.05) is 0 Å². The van der Waals surface area contributed by atoms with Gasteiger partial charge in [0.15, 0.2) is 0 Å². The van der Waals surface area contributed by atoms with E-state index < -0.39 is 28.8 Å². The monoisotopic (exact) mass is 497 g/mol. The second-order valence-electron chi connectivity index (χ2n) is 7.06. The number of nitrogens with one attached hydrogen (secondary N) is 2. The molecule has 0 spiro atoms. The number of rotatable bonds is 2. The molecule has 0 aliphatic heterocycles. The molecule has 0 atom stereocenters. The molecule has 146 valence electrons. The van der Waals surface area contributed by atoms with Gasteiger partial charge in [-0.05, 0) is 79.8 Å². The van der Waals surface area contributed by atoms with Crippen LogP contribution in [-0.4, -0.2) is 21.2 Å². The third-order valence-corrected chi connectivity index (χ3v) is 4.54. The maximum atomic E-state index is 13.9. The smallest absolute Gasteiger partial charge is 0.412 e. The minimum Gasteiger partial charge on any atom is -0.444 e. The summed E-state index contributed by atoms with van der Waals surface area (Å²) < 4.78 is 20.2. The van der Waals surface area contributed by atoms with E-state index in [1.54, 1.807) is 43.4 Å². The molecule has 0 unspecified atom stereocenters. The maximum Gasteiger partial charge on any atom is 0.412 e. The predicted molar refractivity (Wildman–Crippen MR) is 113 cm³/mol. The molecule has 0 aliphatic carbocycles. The molecule has 3 aromatic rings. The van der Waals surface area contributed by atoms with Crippen LogP contribution in [0, 0.1) is 9.39 Å². The summed E-state index contributed by atoms with van der Waals surface area (Å²) in [6, 6.07) is 8.57. The van der Waals surface area contributed by atoms with Crippen LogP contribution in [-0.2, 0) is 4.74 Å². The molecule has 1 aromatic heterocycles. The van der Waals surface area contributed by atoms with Crippen molar-refractivity contribution >= 4 is 45.3 Å². The second kappa shape index (κ2) is 7.38. The zero-order valence-corrected chi connectivity index (χ0v) is 17.5. The topological polar surface area (TPSA) is 93.2 Å². The van der Waals surface area contributed by atoms with E-state index >= 15 is 0 Å². The first-order chi connectivity index (χ1) is 13.0. The van der Waals surface area contributed by atoms with E-state index in [4.69, 9.17) is 4.74 Å². The van der Waals surface area contributed by atoms with Crippen molar-refractivity contribution in [3.63, 3.8) is 0 Å². The highest BCUT2D eigenvalue weighted by atomic mass is 127. The molecule has 0 bridgehead atoms. The normalized spacial score (nSPS) is 11.5. The van der Waals surface area contributed by atoms with Crippen LogP contribution in [0.1, 0.15) is 20.8 Å². The van der Waals surface area contributed by atoms with E-state index in [0.29, 0.717) is 9.26 Å². The molecule has 3 rings (SSSR count). The summed E-state index contributed by atoms with van der Waals surface area (Å²) >= 11 is 1.79. The molecule has 0 aliphatic rings. The number of aromatic nitrogens is 2. The Morgan fingerprint density at radius 1 is 1.18 bits per heavy atom. The lowest BCUT2D eigenvalue weighted by molar-refractivity contribution is 0.0636. The number of hydrogen-bond acceptors (Lipinski definition) is 4. The quantitative estimate of drug-likeness (QED) is 0.528. The SMILES string of the molecule is CC(C)(C)OC(=O)Nc1ccc(-n2c(=O)[nH]c3cc(I)c(F)cc3c2=O)cc1. The van der Waals surface area contributed by atoms with E-state index in [1.807, 2.05) is 0 Å². The van der Waals surface area contributed by atoms with Gasteiger partial charge in [-0.3, -0.25) is 10.1 Å². The van der Waals surface area contributed by atoms with E-state index in [2.05, 4.69) is 10.3 Å². The number of nitrogens with zero attached hydrogens (tertiary/aromatic N) is 1. The number of hydrogen-bond donors (Lipinski definition) is 2. The highest BCUT2D eigenvalue weighted by Gasteiger charge is 2.16. The summed E-state index contributed by atoms with van der Waals surface area (Å²) in [6.07, 6.45) is -0.619. The zero-order valence-electron chi connectivity index (χ0n) is 15.3. The number of benzene rings is 2. The van der Waals surface area contributed by atoms with Gasteiger partial charge >= 0.3 is 11.8 Å². The Morgan fingerprint density at radius 3 is 2.43 bits per heavy atom. The van der Waals surface area contributed by atoms with Crippen LogP contribution in [0.2, 0.25) is 0 Å². The summed E-state index contributed by atoms with van der Waals surface area (Å²) in [4.78, 5) is 39.5. The van der Waals surface area contributed by atoms with Crippen LogP contribution in [0.4, 0.5) is 14.9 Å². The van der Waals surface area contributed by atoms with Gasteiger partial charge in [-0.25, -0.2) is 18.5 Å².